The molecule has 0 aliphatic carbocycles. The molecule has 0 unspecified atom stereocenters. The van der Waals surface area contributed by atoms with Crippen LogP contribution in [0.5, 0.6) is 0 Å². The maximum absolute atomic E-state index is 12.5. The Morgan fingerprint density at radius 3 is 2.62 bits per heavy atom. The van der Waals surface area contributed by atoms with Gasteiger partial charge in [0.2, 0.25) is 0 Å². The number of nitrogens with zero attached hydrogens (tertiary/aromatic N) is 2. The van der Waals surface area contributed by atoms with Gasteiger partial charge in [0.15, 0.2) is 0 Å². The third-order valence-corrected chi connectivity index (χ3v) is 4.52. The van der Waals surface area contributed by atoms with Gasteiger partial charge in [0.05, 0.1) is 0 Å². The van der Waals surface area contributed by atoms with E-state index in [4.69, 9.17) is 11.6 Å². The topological polar surface area (TPSA) is 33.2 Å². The summed E-state index contributed by atoms with van der Waals surface area (Å²) >= 11 is 5.85. The van der Waals surface area contributed by atoms with Crippen LogP contribution < -0.4 is 0 Å². The number of pyridine rings is 1. The Morgan fingerprint density at radius 1 is 1.29 bits per heavy atom. The van der Waals surface area contributed by atoms with Gasteiger partial charge in [-0.05, 0) is 24.1 Å². The van der Waals surface area contributed by atoms with Crippen molar-refractivity contribution in [2.75, 3.05) is 13.1 Å². The lowest BCUT2D eigenvalue weighted by molar-refractivity contribution is 0.0376. The molecule has 1 aromatic carbocycles. The summed E-state index contributed by atoms with van der Waals surface area (Å²) in [6, 6.07) is 13.8. The van der Waals surface area contributed by atoms with E-state index in [2.05, 4.69) is 36.2 Å². The van der Waals surface area contributed by atoms with Crippen molar-refractivity contribution in [3.8, 4) is 0 Å². The molecule has 3 nitrogen and oxygen atoms in total. The van der Waals surface area contributed by atoms with Crippen molar-refractivity contribution in [1.29, 1.82) is 0 Å². The first kappa shape index (κ1) is 14.1. The maximum Gasteiger partial charge on any atom is 0.254 e. The van der Waals surface area contributed by atoms with Crippen molar-refractivity contribution in [2.24, 2.45) is 0 Å². The Kier molecular flexibility index (Phi) is 3.68. The van der Waals surface area contributed by atoms with Crippen LogP contribution in [0.1, 0.15) is 29.3 Å². The molecule has 1 aliphatic rings. The quantitative estimate of drug-likeness (QED) is 0.812. The Labute approximate surface area is 129 Å². The number of likely N-dealkylation sites (tertiary alicyclic amines) is 1. The van der Waals surface area contributed by atoms with E-state index in [-0.39, 0.29) is 11.3 Å². The first-order valence-corrected chi connectivity index (χ1v) is 7.49. The van der Waals surface area contributed by atoms with Gasteiger partial charge < -0.3 is 4.90 Å². The number of hydrogen-bond acceptors (Lipinski definition) is 2. The highest BCUT2D eigenvalue weighted by molar-refractivity contribution is 6.29. The predicted molar refractivity (Wildman–Crippen MR) is 83.6 cm³/mol. The Hall–Kier alpha value is -1.87. The van der Waals surface area contributed by atoms with E-state index in [9.17, 15) is 4.79 Å². The summed E-state index contributed by atoms with van der Waals surface area (Å²) < 4.78 is 0. The predicted octanol–water partition coefficient (Wildman–Crippen LogP) is 3.54. The molecule has 1 fully saturated rings. The van der Waals surface area contributed by atoms with Gasteiger partial charge in [-0.1, -0.05) is 48.9 Å². The Morgan fingerprint density at radius 2 is 2.00 bits per heavy atom. The van der Waals surface area contributed by atoms with Crippen molar-refractivity contribution in [3.63, 3.8) is 0 Å². The minimum Gasteiger partial charge on any atom is -0.337 e. The molecule has 3 rings (SSSR count). The van der Waals surface area contributed by atoms with E-state index in [1.165, 1.54) is 5.56 Å². The monoisotopic (exact) mass is 300 g/mol. The van der Waals surface area contributed by atoms with Crippen LogP contribution in [0.15, 0.2) is 48.7 Å². The minimum atomic E-state index is 0.0271. The summed E-state index contributed by atoms with van der Waals surface area (Å²) in [4.78, 5) is 18.2. The van der Waals surface area contributed by atoms with Gasteiger partial charge >= 0.3 is 0 Å². The molecule has 0 spiro atoms. The van der Waals surface area contributed by atoms with Gasteiger partial charge in [0, 0.05) is 30.3 Å². The van der Waals surface area contributed by atoms with Crippen LogP contribution in [0.4, 0.5) is 0 Å². The van der Waals surface area contributed by atoms with Crippen LogP contribution >= 0.6 is 11.6 Å². The summed E-state index contributed by atoms with van der Waals surface area (Å²) in [7, 11) is 0. The van der Waals surface area contributed by atoms with Crippen LogP contribution in [-0.4, -0.2) is 28.9 Å². The van der Waals surface area contributed by atoms with Crippen LogP contribution in [0.2, 0.25) is 5.15 Å². The van der Waals surface area contributed by atoms with E-state index in [1.807, 2.05) is 11.0 Å². The van der Waals surface area contributed by atoms with Crippen LogP contribution in [-0.2, 0) is 5.41 Å². The Bertz CT molecular complexity index is 651. The Balaban J connectivity index is 1.76. The smallest absolute Gasteiger partial charge is 0.254 e. The first-order valence-electron chi connectivity index (χ1n) is 7.11. The fourth-order valence-electron chi connectivity index (χ4n) is 2.95. The SMILES string of the molecule is CCC1(c2ccccc2)CN(C(=O)c2ccnc(Cl)c2)C1. The third-order valence-electron chi connectivity index (χ3n) is 4.31. The normalized spacial score (nSPS) is 16.4. The van der Waals surface area contributed by atoms with Crippen molar-refractivity contribution < 1.29 is 4.79 Å². The van der Waals surface area contributed by atoms with Gasteiger partial charge in [0.1, 0.15) is 5.15 Å². The number of halogens is 1. The van der Waals surface area contributed by atoms with Crippen LogP contribution in [0, 0.1) is 0 Å². The lowest BCUT2D eigenvalue weighted by atomic mass is 9.71. The molecule has 0 N–H and O–H groups in total. The lowest BCUT2D eigenvalue weighted by Crippen LogP contribution is -2.60. The second kappa shape index (κ2) is 5.49. The molecule has 0 atom stereocenters. The minimum absolute atomic E-state index is 0.0271. The fourth-order valence-corrected chi connectivity index (χ4v) is 3.12. The molecular formula is C17H17ClN2O. The largest absolute Gasteiger partial charge is 0.337 e. The molecule has 1 amide bonds. The van der Waals surface area contributed by atoms with Gasteiger partial charge in [-0.2, -0.15) is 0 Å². The zero-order valence-corrected chi connectivity index (χ0v) is 12.7. The number of carbonyl (C=O) groups excluding carboxylic acids is 1. The second-order valence-corrected chi connectivity index (χ2v) is 5.92. The van der Waals surface area contributed by atoms with E-state index in [0.717, 1.165) is 19.5 Å². The molecule has 1 aliphatic heterocycles. The van der Waals surface area contributed by atoms with Crippen molar-refractivity contribution >= 4 is 17.5 Å². The number of rotatable bonds is 3. The summed E-state index contributed by atoms with van der Waals surface area (Å²) in [6.45, 7) is 3.69. The first-order chi connectivity index (χ1) is 10.1. The molecule has 2 aromatic rings. The van der Waals surface area contributed by atoms with Gasteiger partial charge in [-0.15, -0.1) is 0 Å². The molecule has 1 saturated heterocycles. The van der Waals surface area contributed by atoms with Crippen LogP contribution in [0.25, 0.3) is 0 Å². The molecule has 4 heteroatoms. The van der Waals surface area contributed by atoms with Crippen molar-refractivity contribution in [2.45, 2.75) is 18.8 Å². The van der Waals surface area contributed by atoms with Crippen molar-refractivity contribution in [3.05, 3.63) is 64.9 Å². The molecule has 21 heavy (non-hydrogen) atoms. The van der Waals surface area contributed by atoms with E-state index in [1.54, 1.807) is 18.3 Å². The molecule has 2 heterocycles. The number of amides is 1. The zero-order valence-electron chi connectivity index (χ0n) is 11.9. The summed E-state index contributed by atoms with van der Waals surface area (Å²) in [5.74, 6) is 0.0271. The maximum atomic E-state index is 12.5. The molecule has 0 bridgehead atoms. The zero-order chi connectivity index (χ0) is 14.9. The molecule has 0 saturated carbocycles. The van der Waals surface area contributed by atoms with Gasteiger partial charge in [-0.25, -0.2) is 4.98 Å². The number of aromatic nitrogens is 1. The molecule has 0 radical (unpaired) electrons. The van der Waals surface area contributed by atoms with E-state index < -0.39 is 0 Å². The molecular weight excluding hydrogens is 284 g/mol. The van der Waals surface area contributed by atoms with Crippen molar-refractivity contribution in [1.82, 2.24) is 9.88 Å². The van der Waals surface area contributed by atoms with Gasteiger partial charge in [0.25, 0.3) is 5.91 Å². The number of benzene rings is 1. The standard InChI is InChI=1S/C17H17ClN2O/c1-2-17(14-6-4-3-5-7-14)11-20(12-17)16(21)13-8-9-19-15(18)10-13/h3-10H,2,11-12H2,1H3. The van der Waals surface area contributed by atoms with Crippen LogP contribution in [0.3, 0.4) is 0 Å². The van der Waals surface area contributed by atoms with E-state index >= 15 is 0 Å². The fraction of sp³-hybridized carbons (Fsp3) is 0.294. The van der Waals surface area contributed by atoms with E-state index in [0.29, 0.717) is 10.7 Å². The highest BCUT2D eigenvalue weighted by Crippen LogP contribution is 2.38. The third kappa shape index (κ3) is 2.54. The number of hydrogen-bond donors (Lipinski definition) is 0. The summed E-state index contributed by atoms with van der Waals surface area (Å²) in [5.41, 5.74) is 2.00. The second-order valence-electron chi connectivity index (χ2n) is 5.53. The number of carbonyl (C=O) groups is 1. The highest BCUT2D eigenvalue weighted by Gasteiger charge is 2.45. The highest BCUT2D eigenvalue weighted by atomic mass is 35.5. The average molecular weight is 301 g/mol. The molecule has 1 aromatic heterocycles. The van der Waals surface area contributed by atoms with Gasteiger partial charge in [-0.3, -0.25) is 4.79 Å². The summed E-state index contributed by atoms with van der Waals surface area (Å²) in [6.07, 6.45) is 2.59. The summed E-state index contributed by atoms with van der Waals surface area (Å²) in [5, 5.41) is 0.353. The average Bonchev–Trinajstić information content (AvgIpc) is 2.47. The lowest BCUT2D eigenvalue weighted by Gasteiger charge is -2.50. The molecule has 108 valence electrons.